The van der Waals surface area contributed by atoms with E-state index < -0.39 is 6.16 Å². The summed E-state index contributed by atoms with van der Waals surface area (Å²) in [6.07, 6.45) is 5.69. The van der Waals surface area contributed by atoms with Crippen LogP contribution in [0.3, 0.4) is 0 Å². The summed E-state index contributed by atoms with van der Waals surface area (Å²) in [5.41, 5.74) is 8.02. The Bertz CT molecular complexity index is 1590. The molecule has 0 spiro atoms. The van der Waals surface area contributed by atoms with Gasteiger partial charge in [-0.3, -0.25) is 9.69 Å². The van der Waals surface area contributed by atoms with Gasteiger partial charge in [0, 0.05) is 44.5 Å². The van der Waals surface area contributed by atoms with Crippen molar-refractivity contribution in [2.24, 2.45) is 0 Å². The van der Waals surface area contributed by atoms with E-state index in [1.807, 2.05) is 32.0 Å². The fraction of sp³-hybridized carbons (Fsp3) is 0.571. The van der Waals surface area contributed by atoms with Gasteiger partial charge in [-0.15, -0.1) is 0 Å². The largest absolute Gasteiger partial charge is 0.508 e. The first-order chi connectivity index (χ1) is 23.8. The molecule has 1 saturated heterocycles. The SMILES string of the molecule is CCCCOC(=O)OC[C@H](CCC)Nc1nc(N)nc2ccn(Cc3ccc(CN4CCN(C(=O)OCCCC)CC4)cc3OC)c(=O)c12. The zero-order chi connectivity index (χ0) is 35.2. The van der Waals surface area contributed by atoms with E-state index in [0.29, 0.717) is 50.5 Å². The monoisotopic (exact) mass is 681 g/mol. The summed E-state index contributed by atoms with van der Waals surface area (Å²) in [6, 6.07) is 7.40. The van der Waals surface area contributed by atoms with E-state index in [1.54, 1.807) is 28.8 Å². The number of anilines is 2. The number of hydrogen-bond acceptors (Lipinski definition) is 12. The molecule has 3 heterocycles. The van der Waals surface area contributed by atoms with Gasteiger partial charge in [-0.05, 0) is 37.0 Å². The maximum atomic E-state index is 13.9. The first kappa shape index (κ1) is 37.2. The molecule has 1 amide bonds. The van der Waals surface area contributed by atoms with Crippen molar-refractivity contribution in [1.82, 2.24) is 24.3 Å². The lowest BCUT2D eigenvalue weighted by molar-refractivity contribution is 0.0511. The van der Waals surface area contributed by atoms with Crippen LogP contribution < -0.4 is 21.3 Å². The van der Waals surface area contributed by atoms with Crippen LogP contribution in [0.25, 0.3) is 10.9 Å². The molecule has 0 radical (unpaired) electrons. The number of fused-ring (bicyclic) bond motifs is 1. The molecule has 1 aromatic carbocycles. The minimum Gasteiger partial charge on any atom is -0.496 e. The third-order valence-electron chi connectivity index (χ3n) is 8.39. The van der Waals surface area contributed by atoms with E-state index >= 15 is 0 Å². The number of carbonyl (C=O) groups is 2. The van der Waals surface area contributed by atoms with Crippen molar-refractivity contribution in [3.8, 4) is 5.75 Å². The minimum absolute atomic E-state index is 0.0212. The summed E-state index contributed by atoms with van der Waals surface area (Å²) in [7, 11) is 1.61. The molecule has 49 heavy (non-hydrogen) atoms. The van der Waals surface area contributed by atoms with Gasteiger partial charge >= 0.3 is 12.2 Å². The first-order valence-corrected chi connectivity index (χ1v) is 17.3. The molecule has 268 valence electrons. The second kappa shape index (κ2) is 18.8. The molecule has 0 bridgehead atoms. The Hall–Kier alpha value is -4.59. The van der Waals surface area contributed by atoms with Crippen LogP contribution in [0.4, 0.5) is 21.4 Å². The molecule has 14 heteroatoms. The van der Waals surface area contributed by atoms with E-state index in [4.69, 9.17) is 24.7 Å². The lowest BCUT2D eigenvalue weighted by atomic mass is 10.1. The molecule has 1 aliphatic heterocycles. The van der Waals surface area contributed by atoms with Crippen LogP contribution >= 0.6 is 0 Å². The standard InChI is InChI=1S/C35H51N7O7/c1-5-8-19-47-34(44)41-17-15-40(16-18-41)22-25-11-12-26(29(21-25)46-4)23-42-14-13-28-30(32(42)43)31(39-33(36)38-28)37-27(10-7-3)24-49-35(45)48-20-9-6-2/h11-14,21,27H,5-10,15-20,22-24H2,1-4H3,(H3,36,37,38,39)/t27-/m0/s1. The van der Waals surface area contributed by atoms with E-state index in [9.17, 15) is 14.4 Å². The van der Waals surface area contributed by atoms with Gasteiger partial charge < -0.3 is 39.5 Å². The molecule has 4 rings (SSSR count). The number of unbranched alkanes of at least 4 members (excludes halogenated alkanes) is 2. The zero-order valence-corrected chi connectivity index (χ0v) is 29.2. The van der Waals surface area contributed by atoms with Crippen LogP contribution in [0.15, 0.2) is 35.3 Å². The molecular formula is C35H51N7O7. The van der Waals surface area contributed by atoms with Crippen molar-refractivity contribution < 1.29 is 28.5 Å². The topological polar surface area (TPSA) is 163 Å². The highest BCUT2D eigenvalue weighted by Crippen LogP contribution is 2.24. The third-order valence-corrected chi connectivity index (χ3v) is 8.39. The van der Waals surface area contributed by atoms with Crippen molar-refractivity contribution >= 4 is 34.9 Å². The van der Waals surface area contributed by atoms with Crippen LogP contribution in [0.2, 0.25) is 0 Å². The Morgan fingerprint density at radius 1 is 0.939 bits per heavy atom. The van der Waals surface area contributed by atoms with Crippen LogP contribution in [-0.2, 0) is 27.3 Å². The molecule has 1 fully saturated rings. The average Bonchev–Trinajstić information content (AvgIpc) is 3.09. The van der Waals surface area contributed by atoms with Gasteiger partial charge in [0.15, 0.2) is 0 Å². The number of piperazine rings is 1. The average molecular weight is 682 g/mol. The molecule has 3 N–H and O–H groups in total. The van der Waals surface area contributed by atoms with Gasteiger partial charge in [0.05, 0.1) is 38.4 Å². The number of nitrogen functional groups attached to an aromatic ring is 1. The van der Waals surface area contributed by atoms with Gasteiger partial charge in [-0.2, -0.15) is 4.98 Å². The quantitative estimate of drug-likeness (QED) is 0.145. The summed E-state index contributed by atoms with van der Waals surface area (Å²) in [4.78, 5) is 51.0. The number of pyridine rings is 1. The normalized spacial score (nSPS) is 14.0. The van der Waals surface area contributed by atoms with E-state index in [-0.39, 0.29) is 48.0 Å². The Balaban J connectivity index is 1.45. The lowest BCUT2D eigenvalue weighted by Gasteiger charge is -2.34. The minimum atomic E-state index is -0.729. The van der Waals surface area contributed by atoms with Crippen molar-refractivity contribution in [3.05, 3.63) is 51.9 Å². The highest BCUT2D eigenvalue weighted by Gasteiger charge is 2.23. The predicted octanol–water partition coefficient (Wildman–Crippen LogP) is 5.02. The molecule has 3 aromatic rings. The van der Waals surface area contributed by atoms with Crippen molar-refractivity contribution in [2.75, 3.05) is 64.2 Å². The molecule has 14 nitrogen and oxygen atoms in total. The fourth-order valence-electron chi connectivity index (χ4n) is 5.62. The highest BCUT2D eigenvalue weighted by molar-refractivity contribution is 5.89. The maximum Gasteiger partial charge on any atom is 0.508 e. The summed E-state index contributed by atoms with van der Waals surface area (Å²) in [5.74, 6) is 0.966. The van der Waals surface area contributed by atoms with E-state index in [0.717, 1.165) is 56.3 Å². The number of rotatable bonds is 17. The smallest absolute Gasteiger partial charge is 0.496 e. The highest BCUT2D eigenvalue weighted by atomic mass is 16.7. The maximum absolute atomic E-state index is 13.9. The number of nitrogens with two attached hydrogens (primary N) is 1. The Labute approximate surface area is 287 Å². The molecule has 0 saturated carbocycles. The first-order valence-electron chi connectivity index (χ1n) is 17.3. The number of hydrogen-bond donors (Lipinski definition) is 2. The van der Waals surface area contributed by atoms with Crippen LogP contribution in [0.1, 0.15) is 70.4 Å². The summed E-state index contributed by atoms with van der Waals surface area (Å²) >= 11 is 0. The predicted molar refractivity (Wildman–Crippen MR) is 188 cm³/mol. The van der Waals surface area contributed by atoms with E-state index in [2.05, 4.69) is 27.1 Å². The van der Waals surface area contributed by atoms with Gasteiger partial charge in [0.2, 0.25) is 5.95 Å². The van der Waals surface area contributed by atoms with Crippen molar-refractivity contribution in [1.29, 1.82) is 0 Å². The summed E-state index contributed by atoms with van der Waals surface area (Å²) in [6.45, 7) is 10.6. The summed E-state index contributed by atoms with van der Waals surface area (Å²) in [5, 5.41) is 3.56. The number of methoxy groups -OCH3 is 1. The number of nitrogens with zero attached hydrogens (tertiary/aromatic N) is 5. The number of aromatic nitrogens is 3. The Morgan fingerprint density at radius 2 is 1.67 bits per heavy atom. The molecule has 1 aliphatic rings. The Kier molecular flexibility index (Phi) is 14.3. The molecule has 0 unspecified atom stereocenters. The molecule has 2 aromatic heterocycles. The van der Waals surface area contributed by atoms with Crippen molar-refractivity contribution in [2.45, 2.75) is 78.4 Å². The number of nitrogens with one attached hydrogen (secondary N) is 1. The van der Waals surface area contributed by atoms with Crippen LogP contribution in [-0.4, -0.2) is 95.7 Å². The number of benzene rings is 1. The lowest BCUT2D eigenvalue weighted by Crippen LogP contribution is -2.48. The second-order valence-corrected chi connectivity index (χ2v) is 12.2. The molecule has 0 aliphatic carbocycles. The van der Waals surface area contributed by atoms with Gasteiger partial charge in [0.1, 0.15) is 23.6 Å². The van der Waals surface area contributed by atoms with Crippen LogP contribution in [0.5, 0.6) is 5.75 Å². The van der Waals surface area contributed by atoms with Gasteiger partial charge in [0.25, 0.3) is 5.56 Å². The fourth-order valence-corrected chi connectivity index (χ4v) is 5.62. The van der Waals surface area contributed by atoms with Gasteiger partial charge in [-0.1, -0.05) is 52.2 Å². The zero-order valence-electron chi connectivity index (χ0n) is 29.2. The van der Waals surface area contributed by atoms with Gasteiger partial charge in [-0.25, -0.2) is 14.6 Å². The second-order valence-electron chi connectivity index (χ2n) is 12.2. The number of ether oxygens (including phenoxy) is 4. The Morgan fingerprint density at radius 3 is 2.37 bits per heavy atom. The number of amides is 1. The van der Waals surface area contributed by atoms with Crippen LogP contribution in [0, 0.1) is 0 Å². The summed E-state index contributed by atoms with van der Waals surface area (Å²) < 4.78 is 23.2. The van der Waals surface area contributed by atoms with E-state index in [1.165, 1.54) is 0 Å². The molecule has 1 atom stereocenters. The third kappa shape index (κ3) is 10.7. The number of carbonyl (C=O) groups excluding carboxylic acids is 2. The molecular weight excluding hydrogens is 630 g/mol. The van der Waals surface area contributed by atoms with Crippen molar-refractivity contribution in [3.63, 3.8) is 0 Å².